The summed E-state index contributed by atoms with van der Waals surface area (Å²) in [6.07, 6.45) is 3.67. The van der Waals surface area contributed by atoms with Crippen LogP contribution in [-0.2, 0) is 30.6 Å². The number of aryl methyl sites for hydroxylation is 2. The molecule has 0 radical (unpaired) electrons. The number of methoxy groups -OCH3 is 2. The van der Waals surface area contributed by atoms with Crippen molar-refractivity contribution >= 4 is 27.5 Å². The first-order valence-corrected chi connectivity index (χ1v) is 12.5. The van der Waals surface area contributed by atoms with Crippen molar-refractivity contribution in [3.8, 4) is 11.5 Å². The quantitative estimate of drug-likeness (QED) is 0.520. The Balaban J connectivity index is 1.40. The maximum atomic E-state index is 12.9. The Kier molecular flexibility index (Phi) is 6.98. The molecular formula is C26H33N3O4S. The molecule has 1 amide bonds. The van der Waals surface area contributed by atoms with Crippen LogP contribution >= 0.6 is 11.3 Å². The summed E-state index contributed by atoms with van der Waals surface area (Å²) in [6.45, 7) is 7.24. The number of aromatic nitrogens is 2. The molecule has 8 heteroatoms. The van der Waals surface area contributed by atoms with E-state index < -0.39 is 0 Å². The van der Waals surface area contributed by atoms with Gasteiger partial charge in [0.05, 0.1) is 19.6 Å². The molecule has 4 rings (SSSR count). The van der Waals surface area contributed by atoms with Crippen molar-refractivity contribution in [1.82, 2.24) is 15.3 Å². The van der Waals surface area contributed by atoms with E-state index in [-0.39, 0.29) is 23.3 Å². The smallest absolute Gasteiger partial charge is 0.259 e. The molecule has 0 saturated carbocycles. The van der Waals surface area contributed by atoms with Crippen LogP contribution in [0.25, 0.3) is 10.2 Å². The van der Waals surface area contributed by atoms with Gasteiger partial charge in [0, 0.05) is 24.3 Å². The van der Waals surface area contributed by atoms with Gasteiger partial charge in [-0.3, -0.25) is 9.59 Å². The number of fused-ring (bicyclic) bond motifs is 3. The predicted molar refractivity (Wildman–Crippen MR) is 135 cm³/mol. The minimum absolute atomic E-state index is 0.0857. The molecule has 0 fully saturated rings. The number of nitrogens with zero attached hydrogens (tertiary/aromatic N) is 1. The van der Waals surface area contributed by atoms with Crippen molar-refractivity contribution in [3.63, 3.8) is 0 Å². The Bertz CT molecular complexity index is 1260. The Morgan fingerprint density at radius 2 is 2.00 bits per heavy atom. The number of nitrogens with one attached hydrogen (secondary N) is 2. The molecule has 1 atom stereocenters. The molecule has 2 heterocycles. The van der Waals surface area contributed by atoms with Crippen LogP contribution in [-0.4, -0.2) is 30.1 Å². The van der Waals surface area contributed by atoms with Crippen LogP contribution in [0, 0.1) is 11.3 Å². The lowest BCUT2D eigenvalue weighted by Crippen LogP contribution is -2.26. The molecule has 1 aliphatic carbocycles. The molecular weight excluding hydrogens is 450 g/mol. The van der Waals surface area contributed by atoms with Crippen LogP contribution in [0.5, 0.6) is 11.5 Å². The topological polar surface area (TPSA) is 93.3 Å². The number of rotatable bonds is 7. The lowest BCUT2D eigenvalue weighted by atomic mass is 9.72. The first-order valence-electron chi connectivity index (χ1n) is 11.7. The molecule has 0 spiro atoms. The fourth-order valence-electron chi connectivity index (χ4n) is 4.60. The fraction of sp³-hybridized carbons (Fsp3) is 0.500. The highest BCUT2D eigenvalue weighted by atomic mass is 32.1. The maximum Gasteiger partial charge on any atom is 0.259 e. The van der Waals surface area contributed by atoms with Gasteiger partial charge in [-0.05, 0) is 53.9 Å². The normalized spacial score (nSPS) is 15.7. The van der Waals surface area contributed by atoms with E-state index in [9.17, 15) is 9.59 Å². The molecule has 1 aromatic carbocycles. The zero-order chi connectivity index (χ0) is 24.5. The number of hydrogen-bond donors (Lipinski definition) is 2. The second kappa shape index (κ2) is 9.78. The van der Waals surface area contributed by atoms with E-state index >= 15 is 0 Å². The predicted octanol–water partition coefficient (Wildman–Crippen LogP) is 4.40. The van der Waals surface area contributed by atoms with Gasteiger partial charge < -0.3 is 19.8 Å². The average molecular weight is 484 g/mol. The number of carbonyl (C=O) groups is 1. The molecule has 0 aliphatic heterocycles. The minimum Gasteiger partial charge on any atom is -0.493 e. The molecule has 0 saturated heterocycles. The summed E-state index contributed by atoms with van der Waals surface area (Å²) in [7, 11) is 3.17. The van der Waals surface area contributed by atoms with Crippen LogP contribution < -0.4 is 20.3 Å². The van der Waals surface area contributed by atoms with E-state index in [4.69, 9.17) is 14.5 Å². The van der Waals surface area contributed by atoms with Crippen molar-refractivity contribution in [2.45, 2.75) is 59.4 Å². The van der Waals surface area contributed by atoms with Crippen LogP contribution in [0.15, 0.2) is 23.0 Å². The Morgan fingerprint density at radius 1 is 1.24 bits per heavy atom. The van der Waals surface area contributed by atoms with Crippen LogP contribution in [0.1, 0.15) is 55.4 Å². The maximum absolute atomic E-state index is 12.9. The van der Waals surface area contributed by atoms with Crippen molar-refractivity contribution in [3.05, 3.63) is 50.4 Å². The summed E-state index contributed by atoms with van der Waals surface area (Å²) in [6, 6.07) is 5.54. The van der Waals surface area contributed by atoms with Gasteiger partial charge in [-0.2, -0.15) is 0 Å². The van der Waals surface area contributed by atoms with Gasteiger partial charge >= 0.3 is 0 Å². The van der Waals surface area contributed by atoms with Gasteiger partial charge in [0.1, 0.15) is 10.7 Å². The zero-order valence-corrected chi connectivity index (χ0v) is 21.4. The number of ether oxygens (including phenoxy) is 2. The molecule has 7 nitrogen and oxygen atoms in total. The van der Waals surface area contributed by atoms with Crippen LogP contribution in [0.4, 0.5) is 0 Å². The SMILES string of the molecule is COc1ccc(CNC(=O)CCc2nc3sc4c(c3c(=O)[nH]2)CC[C@H](C(C)(C)C)C4)cc1OC. The minimum atomic E-state index is -0.101. The summed E-state index contributed by atoms with van der Waals surface area (Å²) in [4.78, 5) is 35.0. The largest absolute Gasteiger partial charge is 0.493 e. The average Bonchev–Trinajstić information content (AvgIpc) is 3.18. The van der Waals surface area contributed by atoms with Crippen molar-refractivity contribution < 1.29 is 14.3 Å². The lowest BCUT2D eigenvalue weighted by Gasteiger charge is -2.33. The van der Waals surface area contributed by atoms with Gasteiger partial charge in [0.15, 0.2) is 11.5 Å². The highest BCUT2D eigenvalue weighted by Gasteiger charge is 2.31. The molecule has 0 unspecified atom stereocenters. The number of hydrogen-bond acceptors (Lipinski definition) is 6. The van der Waals surface area contributed by atoms with Crippen molar-refractivity contribution in [2.75, 3.05) is 14.2 Å². The summed E-state index contributed by atoms with van der Waals surface area (Å²) in [5.74, 6) is 2.34. The summed E-state index contributed by atoms with van der Waals surface area (Å²) < 4.78 is 10.6. The number of H-pyrrole nitrogens is 1. The van der Waals surface area contributed by atoms with E-state index in [1.165, 1.54) is 10.4 Å². The monoisotopic (exact) mass is 483 g/mol. The molecule has 3 aromatic rings. The Morgan fingerprint density at radius 3 is 2.71 bits per heavy atom. The number of amides is 1. The number of carbonyl (C=O) groups excluding carboxylic acids is 1. The first kappa shape index (κ1) is 24.3. The third-order valence-electron chi connectivity index (χ3n) is 6.72. The van der Waals surface area contributed by atoms with Gasteiger partial charge in [0.25, 0.3) is 5.56 Å². The molecule has 1 aliphatic rings. The molecule has 0 bridgehead atoms. The summed E-state index contributed by atoms with van der Waals surface area (Å²) in [5, 5.41) is 3.66. The third kappa shape index (κ3) is 5.12. The summed E-state index contributed by atoms with van der Waals surface area (Å²) in [5.41, 5.74) is 2.26. The number of benzene rings is 1. The van der Waals surface area contributed by atoms with Crippen molar-refractivity contribution in [2.24, 2.45) is 11.3 Å². The van der Waals surface area contributed by atoms with E-state index in [0.29, 0.717) is 36.2 Å². The third-order valence-corrected chi connectivity index (χ3v) is 7.87. The molecule has 34 heavy (non-hydrogen) atoms. The fourth-order valence-corrected chi connectivity index (χ4v) is 5.92. The van der Waals surface area contributed by atoms with E-state index in [2.05, 4.69) is 31.1 Å². The van der Waals surface area contributed by atoms with E-state index in [1.807, 2.05) is 18.2 Å². The van der Waals surface area contributed by atoms with E-state index in [1.54, 1.807) is 25.6 Å². The van der Waals surface area contributed by atoms with Gasteiger partial charge in [-0.15, -0.1) is 11.3 Å². The van der Waals surface area contributed by atoms with Gasteiger partial charge in [-0.25, -0.2) is 4.98 Å². The second-order valence-electron chi connectivity index (χ2n) is 9.97. The van der Waals surface area contributed by atoms with Crippen LogP contribution in [0.3, 0.4) is 0 Å². The number of aromatic amines is 1. The Labute approximate surface area is 203 Å². The van der Waals surface area contributed by atoms with Crippen LogP contribution in [0.2, 0.25) is 0 Å². The molecule has 2 N–H and O–H groups in total. The van der Waals surface area contributed by atoms with E-state index in [0.717, 1.165) is 35.0 Å². The number of thiophene rings is 1. The zero-order valence-electron chi connectivity index (χ0n) is 20.5. The van der Waals surface area contributed by atoms with Crippen molar-refractivity contribution in [1.29, 1.82) is 0 Å². The molecule has 182 valence electrons. The van der Waals surface area contributed by atoms with Gasteiger partial charge in [-0.1, -0.05) is 26.8 Å². The Hall–Kier alpha value is -2.87. The van der Waals surface area contributed by atoms with Gasteiger partial charge in [0.2, 0.25) is 5.91 Å². The highest BCUT2D eigenvalue weighted by molar-refractivity contribution is 7.18. The first-order chi connectivity index (χ1) is 16.2. The summed E-state index contributed by atoms with van der Waals surface area (Å²) >= 11 is 1.64. The molecule has 2 aromatic heterocycles. The lowest BCUT2D eigenvalue weighted by molar-refractivity contribution is -0.121. The second-order valence-corrected chi connectivity index (χ2v) is 11.1. The highest BCUT2D eigenvalue weighted by Crippen LogP contribution is 2.42. The standard InChI is InChI=1S/C26H33N3O4S/c1-26(2,3)16-7-8-17-20(13-16)34-25-23(17)24(31)28-21(29-25)10-11-22(30)27-14-15-6-9-18(32-4)19(12-15)33-5/h6,9,12,16H,7-8,10-11,13-14H2,1-5H3,(H,27,30)(H,28,29,31)/t16-/m0/s1.